The van der Waals surface area contributed by atoms with Gasteiger partial charge in [0, 0.05) is 31.6 Å². The van der Waals surface area contributed by atoms with Crippen molar-refractivity contribution in [1.29, 1.82) is 0 Å². The van der Waals surface area contributed by atoms with E-state index in [9.17, 15) is 26.7 Å². The monoisotopic (exact) mass is 539 g/mol. The molecule has 0 spiro atoms. The summed E-state index contributed by atoms with van der Waals surface area (Å²) < 4.78 is 58.9. The lowest BCUT2D eigenvalue weighted by Gasteiger charge is -2.30. The molecule has 3 aromatic rings. The summed E-state index contributed by atoms with van der Waals surface area (Å²) in [6, 6.07) is 10.9. The molecule has 2 aromatic carbocycles. The maximum Gasteiger partial charge on any atom is 0.490 e. The van der Waals surface area contributed by atoms with Crippen LogP contribution in [0.25, 0.3) is 10.9 Å². The minimum Gasteiger partial charge on any atom is -0.475 e. The number of carbonyl (C=O) groups is 2. The van der Waals surface area contributed by atoms with Gasteiger partial charge in [-0.15, -0.1) is 0 Å². The van der Waals surface area contributed by atoms with E-state index < -0.39 is 29.7 Å². The van der Waals surface area contributed by atoms with Gasteiger partial charge in [-0.05, 0) is 56.0 Å². The van der Waals surface area contributed by atoms with Crippen molar-refractivity contribution in [1.82, 2.24) is 15.3 Å². The van der Waals surface area contributed by atoms with E-state index >= 15 is 0 Å². The number of halogens is 5. The molecule has 13 heteroatoms. The lowest BCUT2D eigenvalue weighted by atomic mass is 9.91. The molecule has 0 aliphatic heterocycles. The highest BCUT2D eigenvalue weighted by molar-refractivity contribution is 5.94. The van der Waals surface area contributed by atoms with Crippen LogP contribution in [0.15, 0.2) is 42.5 Å². The number of nitrogens with zero attached hydrogens (tertiary/aromatic N) is 3. The number of hydrogen-bond donors (Lipinski definition) is 3. The molecular weight excluding hydrogens is 513 g/mol. The first kappa shape index (κ1) is 28.5. The van der Waals surface area contributed by atoms with Crippen molar-refractivity contribution in [3.05, 3.63) is 59.7 Å². The van der Waals surface area contributed by atoms with Crippen LogP contribution in [0.1, 0.15) is 36.0 Å². The number of para-hydroxylation sites is 1. The van der Waals surface area contributed by atoms with Gasteiger partial charge in [0.05, 0.1) is 11.1 Å². The Labute approximate surface area is 214 Å². The number of nitrogens with one attached hydrogen (secondary N) is 2. The van der Waals surface area contributed by atoms with E-state index in [2.05, 4.69) is 20.6 Å². The summed E-state index contributed by atoms with van der Waals surface area (Å²) in [5.74, 6) is -3.26. The molecule has 204 valence electrons. The number of fused-ring (bicyclic) bond motifs is 1. The van der Waals surface area contributed by atoms with Crippen LogP contribution >= 0.6 is 0 Å². The molecule has 0 atom stereocenters. The normalized spacial score (nSPS) is 17.2. The Kier molecular flexibility index (Phi) is 9.02. The van der Waals surface area contributed by atoms with Crippen LogP contribution in [0.3, 0.4) is 0 Å². The number of amides is 1. The molecule has 1 aromatic heterocycles. The highest BCUT2D eigenvalue weighted by Gasteiger charge is 2.38. The van der Waals surface area contributed by atoms with Crippen LogP contribution < -0.4 is 15.5 Å². The van der Waals surface area contributed by atoms with Crippen molar-refractivity contribution < 1.29 is 36.6 Å². The predicted octanol–water partition coefficient (Wildman–Crippen LogP) is 4.76. The molecule has 38 heavy (non-hydrogen) atoms. The molecule has 0 bridgehead atoms. The van der Waals surface area contributed by atoms with Gasteiger partial charge in [-0.25, -0.2) is 18.6 Å². The molecule has 1 saturated carbocycles. The van der Waals surface area contributed by atoms with E-state index in [0.717, 1.165) is 60.6 Å². The fourth-order valence-electron chi connectivity index (χ4n) is 3.96. The Morgan fingerprint density at radius 2 is 1.58 bits per heavy atom. The molecule has 0 saturated heterocycles. The highest BCUT2D eigenvalue weighted by atomic mass is 19.4. The summed E-state index contributed by atoms with van der Waals surface area (Å²) in [5, 5.41) is 14.4. The summed E-state index contributed by atoms with van der Waals surface area (Å²) in [5.41, 5.74) is 0.614. The minimum atomic E-state index is -5.08. The van der Waals surface area contributed by atoms with Gasteiger partial charge in [-0.2, -0.15) is 18.2 Å². The smallest absolute Gasteiger partial charge is 0.475 e. The van der Waals surface area contributed by atoms with Crippen molar-refractivity contribution >= 4 is 34.5 Å². The number of aromatic nitrogens is 2. The second-order valence-corrected chi connectivity index (χ2v) is 8.88. The fraction of sp³-hybridized carbons (Fsp3) is 0.360. The maximum absolute atomic E-state index is 13.8. The molecule has 0 unspecified atom stereocenters. The van der Waals surface area contributed by atoms with Crippen LogP contribution in [0, 0.1) is 11.6 Å². The van der Waals surface area contributed by atoms with E-state index in [0.29, 0.717) is 5.95 Å². The number of carboxylic acid groups (broad SMARTS) is 1. The molecule has 0 radical (unpaired) electrons. The van der Waals surface area contributed by atoms with Gasteiger partial charge in [0.25, 0.3) is 5.91 Å². The van der Waals surface area contributed by atoms with Gasteiger partial charge in [0.2, 0.25) is 5.95 Å². The summed E-state index contributed by atoms with van der Waals surface area (Å²) in [6.07, 6.45) is -2.00. The van der Waals surface area contributed by atoms with Crippen LogP contribution in [0.2, 0.25) is 0 Å². The summed E-state index contributed by atoms with van der Waals surface area (Å²) >= 11 is 0. The number of hydrogen-bond acceptors (Lipinski definition) is 6. The number of aliphatic carboxylic acids is 1. The number of anilines is 2. The third-order valence-corrected chi connectivity index (χ3v) is 5.82. The number of carbonyl (C=O) groups excluding carboxylic acids is 1. The number of benzene rings is 2. The number of alkyl halides is 3. The zero-order valence-electron chi connectivity index (χ0n) is 20.5. The van der Waals surface area contributed by atoms with E-state index in [1.165, 1.54) is 0 Å². The molecule has 4 rings (SSSR count). The largest absolute Gasteiger partial charge is 0.490 e. The zero-order valence-corrected chi connectivity index (χ0v) is 20.5. The van der Waals surface area contributed by atoms with Crippen LogP contribution in [-0.2, 0) is 4.79 Å². The van der Waals surface area contributed by atoms with Gasteiger partial charge in [0.1, 0.15) is 17.5 Å². The minimum absolute atomic E-state index is 0.0805. The van der Waals surface area contributed by atoms with Gasteiger partial charge in [0.15, 0.2) is 0 Å². The fourth-order valence-corrected chi connectivity index (χ4v) is 3.96. The van der Waals surface area contributed by atoms with Crippen LogP contribution in [0.5, 0.6) is 0 Å². The summed E-state index contributed by atoms with van der Waals surface area (Å²) in [7, 11) is 3.90. The molecule has 8 nitrogen and oxygen atoms in total. The third kappa shape index (κ3) is 7.49. The Bertz CT molecular complexity index is 1290. The van der Waals surface area contributed by atoms with E-state index in [4.69, 9.17) is 9.90 Å². The first-order chi connectivity index (χ1) is 17.8. The summed E-state index contributed by atoms with van der Waals surface area (Å²) in [6.45, 7) is 0. The van der Waals surface area contributed by atoms with Crippen molar-refractivity contribution in [3.8, 4) is 0 Å². The quantitative estimate of drug-likeness (QED) is 0.402. The standard InChI is InChI=1S/C23H25F2N5O.C2HF3O2/c1-30(2)21-17-5-3-4-6-20(17)28-23(29-21)27-16-10-8-15(9-11-16)26-22(31)18-13-14(24)7-12-19(18)25;3-2(4,5)1(6)7/h3-7,12-13,15-16H,8-11H2,1-2H3,(H,26,31)(H,27,28,29);(H,6,7). The van der Waals surface area contributed by atoms with E-state index in [-0.39, 0.29) is 17.6 Å². The average Bonchev–Trinajstić information content (AvgIpc) is 2.86. The van der Waals surface area contributed by atoms with Crippen molar-refractivity contribution in [2.75, 3.05) is 24.3 Å². The van der Waals surface area contributed by atoms with E-state index in [1.807, 2.05) is 43.3 Å². The molecule has 1 aliphatic carbocycles. The lowest BCUT2D eigenvalue weighted by molar-refractivity contribution is -0.192. The topological polar surface area (TPSA) is 107 Å². The molecular formula is C25H26F5N5O3. The second kappa shape index (κ2) is 12.0. The Balaban J connectivity index is 0.000000505. The Hall–Kier alpha value is -4.03. The van der Waals surface area contributed by atoms with Crippen LogP contribution in [0.4, 0.5) is 33.7 Å². The van der Waals surface area contributed by atoms with Gasteiger partial charge >= 0.3 is 12.1 Å². The first-order valence-corrected chi connectivity index (χ1v) is 11.6. The van der Waals surface area contributed by atoms with Crippen molar-refractivity contribution in [3.63, 3.8) is 0 Å². The second-order valence-electron chi connectivity index (χ2n) is 8.88. The molecule has 1 heterocycles. The van der Waals surface area contributed by atoms with Crippen molar-refractivity contribution in [2.45, 2.75) is 43.9 Å². The SMILES string of the molecule is CN(C)c1nc(NC2CCC(NC(=O)c3cc(F)ccc3F)CC2)nc2ccccc12.O=C(O)C(F)(F)F. The first-order valence-electron chi connectivity index (χ1n) is 11.6. The highest BCUT2D eigenvalue weighted by Crippen LogP contribution is 2.26. The molecule has 1 aliphatic rings. The molecule has 1 amide bonds. The number of rotatable bonds is 5. The van der Waals surface area contributed by atoms with Gasteiger partial charge in [-0.3, -0.25) is 4.79 Å². The van der Waals surface area contributed by atoms with Crippen molar-refractivity contribution in [2.24, 2.45) is 0 Å². The third-order valence-electron chi connectivity index (χ3n) is 5.82. The number of carboxylic acids is 1. The van der Waals surface area contributed by atoms with E-state index in [1.54, 1.807) is 0 Å². The predicted molar refractivity (Wildman–Crippen MR) is 131 cm³/mol. The van der Waals surface area contributed by atoms with Gasteiger partial charge in [-0.1, -0.05) is 12.1 Å². The molecule has 3 N–H and O–H groups in total. The molecule has 1 fully saturated rings. The van der Waals surface area contributed by atoms with Gasteiger partial charge < -0.3 is 20.6 Å². The van der Waals surface area contributed by atoms with Crippen LogP contribution in [-0.4, -0.2) is 59.3 Å². The zero-order chi connectivity index (χ0) is 28.0. The Morgan fingerprint density at radius 1 is 0.974 bits per heavy atom. The summed E-state index contributed by atoms with van der Waals surface area (Å²) in [4.78, 5) is 32.5. The maximum atomic E-state index is 13.8. The Morgan fingerprint density at radius 3 is 2.18 bits per heavy atom. The lowest BCUT2D eigenvalue weighted by Crippen LogP contribution is -2.40. The average molecular weight is 540 g/mol.